The fourth-order valence-electron chi connectivity index (χ4n) is 1.99. The van der Waals surface area contributed by atoms with Crippen molar-refractivity contribution < 1.29 is 13.6 Å². The lowest BCUT2D eigenvalue weighted by atomic mass is 10.3. The Morgan fingerprint density at radius 3 is 2.69 bits per heavy atom. The lowest BCUT2D eigenvalue weighted by Gasteiger charge is -2.10. The number of carbonyl (C=O) groups is 1. The largest absolute Gasteiger partial charge is 0.330 e. The van der Waals surface area contributed by atoms with E-state index in [1.54, 1.807) is 6.92 Å². The van der Waals surface area contributed by atoms with Crippen molar-refractivity contribution in [2.45, 2.75) is 16.5 Å². The highest BCUT2D eigenvalue weighted by Crippen LogP contribution is 2.31. The Morgan fingerprint density at radius 1 is 1.15 bits per heavy atom. The Kier molecular flexibility index (Phi) is 5.79. The van der Waals surface area contributed by atoms with Gasteiger partial charge in [-0.2, -0.15) is 0 Å². The molecule has 1 aromatic heterocycles. The monoisotopic (exact) mass is 392 g/mol. The molecule has 0 aliphatic heterocycles. The van der Waals surface area contributed by atoms with Crippen molar-refractivity contribution in [2.75, 3.05) is 10.6 Å². The molecule has 0 fully saturated rings. The third-order valence-corrected chi connectivity index (χ3v) is 5.29. The van der Waals surface area contributed by atoms with Crippen LogP contribution in [0.5, 0.6) is 0 Å². The number of aromatic nitrogens is 2. The van der Waals surface area contributed by atoms with Crippen LogP contribution in [0.4, 0.5) is 25.3 Å². The predicted octanol–water partition coefficient (Wildman–Crippen LogP) is 4.68. The second-order valence-electron chi connectivity index (χ2n) is 5.24. The molecule has 9 heteroatoms. The number of thioether (sulfide) groups is 1. The van der Waals surface area contributed by atoms with Gasteiger partial charge in [0.25, 0.3) is 0 Å². The molecule has 1 heterocycles. The fraction of sp³-hybridized carbons (Fsp3) is 0.118. The smallest absolute Gasteiger partial charge is 0.237 e. The van der Waals surface area contributed by atoms with Crippen molar-refractivity contribution in [1.82, 2.24) is 10.2 Å². The number of amides is 1. The van der Waals surface area contributed by atoms with Gasteiger partial charge in [-0.3, -0.25) is 4.79 Å². The van der Waals surface area contributed by atoms with Gasteiger partial charge in [0.1, 0.15) is 11.6 Å². The van der Waals surface area contributed by atoms with Crippen molar-refractivity contribution >= 4 is 45.5 Å². The van der Waals surface area contributed by atoms with E-state index in [4.69, 9.17) is 0 Å². The second-order valence-corrected chi connectivity index (χ2v) is 7.80. The highest BCUT2D eigenvalue weighted by Gasteiger charge is 2.19. The summed E-state index contributed by atoms with van der Waals surface area (Å²) >= 11 is 2.49. The summed E-state index contributed by atoms with van der Waals surface area (Å²) in [5.74, 6) is -1.77. The van der Waals surface area contributed by atoms with Crippen LogP contribution < -0.4 is 10.6 Å². The first-order valence-electron chi connectivity index (χ1n) is 7.59. The fourth-order valence-corrected chi connectivity index (χ4v) is 3.90. The summed E-state index contributed by atoms with van der Waals surface area (Å²) in [6.45, 7) is 1.66. The van der Waals surface area contributed by atoms with Crippen LogP contribution in [0.25, 0.3) is 0 Å². The van der Waals surface area contributed by atoms with E-state index in [1.807, 2.05) is 30.3 Å². The van der Waals surface area contributed by atoms with Crippen molar-refractivity contribution in [3.05, 3.63) is 60.2 Å². The van der Waals surface area contributed by atoms with E-state index in [2.05, 4.69) is 20.8 Å². The molecule has 3 rings (SSSR count). The third kappa shape index (κ3) is 4.77. The van der Waals surface area contributed by atoms with E-state index in [0.717, 1.165) is 23.9 Å². The van der Waals surface area contributed by atoms with Gasteiger partial charge in [0.15, 0.2) is 4.34 Å². The van der Waals surface area contributed by atoms with Gasteiger partial charge in [-0.05, 0) is 31.2 Å². The summed E-state index contributed by atoms with van der Waals surface area (Å²) in [4.78, 5) is 12.2. The number of nitrogens with one attached hydrogen (secondary N) is 2. The van der Waals surface area contributed by atoms with E-state index in [0.29, 0.717) is 9.47 Å². The minimum Gasteiger partial charge on any atom is -0.330 e. The van der Waals surface area contributed by atoms with Crippen LogP contribution in [0, 0.1) is 11.6 Å². The van der Waals surface area contributed by atoms with E-state index in [1.165, 1.54) is 23.1 Å². The number of rotatable bonds is 6. The average Bonchev–Trinajstić information content (AvgIpc) is 3.05. The molecule has 2 aromatic carbocycles. The topological polar surface area (TPSA) is 66.9 Å². The summed E-state index contributed by atoms with van der Waals surface area (Å²) in [5.41, 5.74) is 0.693. The molecule has 2 N–H and O–H groups in total. The van der Waals surface area contributed by atoms with Gasteiger partial charge in [-0.25, -0.2) is 8.78 Å². The molecule has 5 nitrogen and oxygen atoms in total. The molecule has 134 valence electrons. The molecule has 0 saturated carbocycles. The minimum absolute atomic E-state index is 0.189. The zero-order chi connectivity index (χ0) is 18.5. The molecular formula is C17H14F2N4OS2. The number of benzene rings is 2. The molecule has 0 spiro atoms. The average molecular weight is 392 g/mol. The van der Waals surface area contributed by atoms with Crippen molar-refractivity contribution in [3.63, 3.8) is 0 Å². The summed E-state index contributed by atoms with van der Waals surface area (Å²) in [5, 5.41) is 13.6. The van der Waals surface area contributed by atoms with Crippen LogP contribution in [0.3, 0.4) is 0 Å². The zero-order valence-electron chi connectivity index (χ0n) is 13.6. The third-order valence-electron chi connectivity index (χ3n) is 3.26. The molecule has 0 unspecified atom stereocenters. The number of hydrogen-bond acceptors (Lipinski definition) is 6. The molecule has 0 aliphatic carbocycles. The van der Waals surface area contributed by atoms with Crippen molar-refractivity contribution in [3.8, 4) is 0 Å². The highest BCUT2D eigenvalue weighted by atomic mass is 32.2. The molecule has 3 aromatic rings. The number of anilines is 3. The van der Waals surface area contributed by atoms with Gasteiger partial charge in [-0.1, -0.05) is 41.3 Å². The second kappa shape index (κ2) is 8.24. The molecule has 0 bridgehead atoms. The maximum absolute atomic E-state index is 13.6. The molecule has 0 radical (unpaired) electrons. The van der Waals surface area contributed by atoms with E-state index >= 15 is 0 Å². The van der Waals surface area contributed by atoms with Crippen molar-refractivity contribution in [1.29, 1.82) is 0 Å². The Bertz CT molecular complexity index is 905. The van der Waals surface area contributed by atoms with Gasteiger partial charge in [0.05, 0.1) is 10.9 Å². The Morgan fingerprint density at radius 2 is 1.92 bits per heavy atom. The van der Waals surface area contributed by atoms with Crippen LogP contribution in [0.15, 0.2) is 52.9 Å². The highest BCUT2D eigenvalue weighted by molar-refractivity contribution is 8.02. The molecular weight excluding hydrogens is 378 g/mol. The first-order chi connectivity index (χ1) is 12.5. The first-order valence-corrected chi connectivity index (χ1v) is 9.29. The summed E-state index contributed by atoms with van der Waals surface area (Å²) in [6.07, 6.45) is 0. The van der Waals surface area contributed by atoms with Crippen LogP contribution >= 0.6 is 23.1 Å². The van der Waals surface area contributed by atoms with Crippen LogP contribution in [0.1, 0.15) is 6.92 Å². The van der Waals surface area contributed by atoms with Gasteiger partial charge < -0.3 is 10.6 Å². The number of halogens is 2. The van der Waals surface area contributed by atoms with Gasteiger partial charge in [-0.15, -0.1) is 10.2 Å². The SMILES string of the molecule is C[C@@H](Sc1nnc(Nc2ccccc2)s1)C(=O)Nc1cc(F)ccc1F. The van der Waals surface area contributed by atoms with Crippen LogP contribution in [-0.2, 0) is 4.79 Å². The molecule has 0 saturated heterocycles. The summed E-state index contributed by atoms with van der Waals surface area (Å²) in [7, 11) is 0. The zero-order valence-corrected chi connectivity index (χ0v) is 15.2. The Labute approximate surface area is 156 Å². The number of para-hydroxylation sites is 1. The van der Waals surface area contributed by atoms with E-state index < -0.39 is 22.8 Å². The van der Waals surface area contributed by atoms with Crippen LogP contribution in [-0.4, -0.2) is 21.4 Å². The standard InChI is InChI=1S/C17H14F2N4OS2/c1-10(15(24)21-14-9-11(18)7-8-13(14)19)25-17-23-22-16(26-17)20-12-5-3-2-4-6-12/h2-10H,1H3,(H,20,22)(H,21,24)/t10-/m1/s1. The number of hydrogen-bond donors (Lipinski definition) is 2. The van der Waals surface area contributed by atoms with Gasteiger partial charge >= 0.3 is 0 Å². The first kappa shape index (κ1) is 18.3. The summed E-state index contributed by atoms with van der Waals surface area (Å²) in [6, 6.07) is 12.4. The van der Waals surface area contributed by atoms with Crippen molar-refractivity contribution in [2.24, 2.45) is 0 Å². The van der Waals surface area contributed by atoms with E-state index in [9.17, 15) is 13.6 Å². The molecule has 1 amide bonds. The Hall–Kier alpha value is -2.52. The number of carbonyl (C=O) groups excluding carboxylic acids is 1. The predicted molar refractivity (Wildman–Crippen MR) is 99.9 cm³/mol. The van der Waals surface area contributed by atoms with Gasteiger partial charge in [0.2, 0.25) is 11.0 Å². The maximum atomic E-state index is 13.6. The lowest BCUT2D eigenvalue weighted by molar-refractivity contribution is -0.115. The molecule has 26 heavy (non-hydrogen) atoms. The normalized spacial score (nSPS) is 11.8. The Balaban J connectivity index is 1.60. The number of nitrogens with zero attached hydrogens (tertiary/aromatic N) is 2. The molecule has 1 atom stereocenters. The maximum Gasteiger partial charge on any atom is 0.237 e. The summed E-state index contributed by atoms with van der Waals surface area (Å²) < 4.78 is 27.4. The minimum atomic E-state index is -0.692. The quantitative estimate of drug-likeness (QED) is 0.596. The molecule has 0 aliphatic rings. The van der Waals surface area contributed by atoms with E-state index in [-0.39, 0.29) is 5.69 Å². The van der Waals surface area contributed by atoms with Gasteiger partial charge in [0, 0.05) is 11.8 Å². The lowest BCUT2D eigenvalue weighted by Crippen LogP contribution is -2.23. The van der Waals surface area contributed by atoms with Crippen LogP contribution in [0.2, 0.25) is 0 Å².